The molecule has 0 aromatic carbocycles. The van der Waals surface area contributed by atoms with Crippen LogP contribution in [0.5, 0.6) is 0 Å². The molecule has 2 saturated heterocycles. The highest BCUT2D eigenvalue weighted by atomic mass is 32.2. The van der Waals surface area contributed by atoms with Crippen LogP contribution in [0.15, 0.2) is 0 Å². The number of carbonyl (C=O) groups is 2. The van der Waals surface area contributed by atoms with Crippen LogP contribution >= 0.6 is 0 Å². The SMILES string of the molecule is CCCCS(=O)(=O)NC1(C(=O)OC)CCC(NC(=O)N2CCC(OCC3CCNCC3)CC2)CC1. The van der Waals surface area contributed by atoms with Crippen molar-refractivity contribution >= 4 is 22.0 Å². The summed E-state index contributed by atoms with van der Waals surface area (Å²) in [4.78, 5) is 27.2. The number of rotatable bonds is 10. The first-order valence-corrected chi connectivity index (χ1v) is 14.9. The van der Waals surface area contributed by atoms with Gasteiger partial charge < -0.3 is 25.0 Å². The number of unbranched alkanes of at least 4 members (excludes halogenated alkanes) is 1. The van der Waals surface area contributed by atoms with Crippen LogP contribution in [0.25, 0.3) is 0 Å². The monoisotopic (exact) mass is 516 g/mol. The van der Waals surface area contributed by atoms with Gasteiger partial charge in [-0.1, -0.05) is 13.3 Å². The number of urea groups is 1. The molecule has 3 N–H and O–H groups in total. The summed E-state index contributed by atoms with van der Waals surface area (Å²) >= 11 is 0. The van der Waals surface area contributed by atoms with Crippen LogP contribution in [0.3, 0.4) is 0 Å². The number of esters is 1. The molecule has 0 aromatic rings. The second-order valence-electron chi connectivity index (χ2n) is 10.3. The van der Waals surface area contributed by atoms with Crippen LogP contribution in [0.4, 0.5) is 4.79 Å². The second-order valence-corrected chi connectivity index (χ2v) is 12.1. The lowest BCUT2D eigenvalue weighted by Crippen LogP contribution is -2.59. The number of likely N-dealkylation sites (tertiary alicyclic amines) is 1. The summed E-state index contributed by atoms with van der Waals surface area (Å²) in [6, 6.07) is -0.199. The lowest BCUT2D eigenvalue weighted by Gasteiger charge is -2.39. The van der Waals surface area contributed by atoms with Crippen molar-refractivity contribution in [2.24, 2.45) is 5.92 Å². The van der Waals surface area contributed by atoms with Gasteiger partial charge in [-0.15, -0.1) is 0 Å². The molecule has 0 radical (unpaired) electrons. The smallest absolute Gasteiger partial charge is 0.327 e. The highest BCUT2D eigenvalue weighted by Crippen LogP contribution is 2.31. The van der Waals surface area contributed by atoms with Crippen molar-refractivity contribution in [2.45, 2.75) is 88.8 Å². The van der Waals surface area contributed by atoms with E-state index in [-0.39, 0.29) is 23.9 Å². The molecule has 202 valence electrons. The Labute approximate surface area is 210 Å². The third-order valence-electron chi connectivity index (χ3n) is 7.62. The number of piperidine rings is 2. The predicted octanol–water partition coefficient (Wildman–Crippen LogP) is 1.75. The van der Waals surface area contributed by atoms with E-state index in [4.69, 9.17) is 9.47 Å². The summed E-state index contributed by atoms with van der Waals surface area (Å²) in [5.41, 5.74) is -1.26. The van der Waals surface area contributed by atoms with Gasteiger partial charge in [-0.05, 0) is 76.8 Å². The summed E-state index contributed by atoms with van der Waals surface area (Å²) in [5, 5.41) is 6.46. The number of methoxy groups -OCH3 is 1. The molecule has 0 bridgehead atoms. The Bertz CT molecular complexity index is 786. The maximum Gasteiger partial charge on any atom is 0.327 e. The van der Waals surface area contributed by atoms with Crippen molar-refractivity contribution in [3.63, 3.8) is 0 Å². The lowest BCUT2D eigenvalue weighted by molar-refractivity contribution is -0.149. The predicted molar refractivity (Wildman–Crippen MR) is 134 cm³/mol. The Morgan fingerprint density at radius 2 is 1.71 bits per heavy atom. The van der Waals surface area contributed by atoms with Crippen molar-refractivity contribution < 1.29 is 27.5 Å². The van der Waals surface area contributed by atoms with E-state index in [1.165, 1.54) is 20.0 Å². The highest BCUT2D eigenvalue weighted by molar-refractivity contribution is 7.89. The Hall–Kier alpha value is -1.43. The molecule has 0 unspecified atom stereocenters. The van der Waals surface area contributed by atoms with E-state index < -0.39 is 21.5 Å². The number of nitrogens with zero attached hydrogens (tertiary/aromatic N) is 1. The summed E-state index contributed by atoms with van der Waals surface area (Å²) in [6.07, 6.45) is 7.12. The Morgan fingerprint density at radius 3 is 2.31 bits per heavy atom. The summed E-state index contributed by atoms with van der Waals surface area (Å²) in [6.45, 7) is 6.20. The summed E-state index contributed by atoms with van der Waals surface area (Å²) in [5.74, 6) is 0.0611. The standard InChI is InChI=1S/C24H44N4O6S/c1-3-4-17-35(31,32)27-24(22(29)33-2)11-5-20(6-12-24)26-23(30)28-15-9-21(10-16-28)34-18-19-7-13-25-14-8-19/h19-21,25,27H,3-18H2,1-2H3,(H,26,30). The van der Waals surface area contributed by atoms with Crippen LogP contribution in [0, 0.1) is 5.92 Å². The third kappa shape index (κ3) is 8.30. The van der Waals surface area contributed by atoms with Crippen molar-refractivity contribution in [3.8, 4) is 0 Å². The fraction of sp³-hybridized carbons (Fsp3) is 0.917. The van der Waals surface area contributed by atoms with Gasteiger partial charge in [-0.2, -0.15) is 4.72 Å². The largest absolute Gasteiger partial charge is 0.468 e. The number of hydrogen-bond acceptors (Lipinski definition) is 7. The zero-order chi connectivity index (χ0) is 25.3. The van der Waals surface area contributed by atoms with Crippen molar-refractivity contribution in [1.29, 1.82) is 0 Å². The van der Waals surface area contributed by atoms with Crippen molar-refractivity contribution in [2.75, 3.05) is 45.6 Å². The zero-order valence-corrected chi connectivity index (χ0v) is 22.2. The molecule has 1 aliphatic carbocycles. The third-order valence-corrected chi connectivity index (χ3v) is 9.14. The number of carbonyl (C=O) groups excluding carboxylic acids is 2. The lowest BCUT2D eigenvalue weighted by atomic mass is 9.80. The molecule has 1 saturated carbocycles. The van der Waals surface area contributed by atoms with Crippen LogP contribution in [0.2, 0.25) is 0 Å². The van der Waals surface area contributed by atoms with Gasteiger partial charge in [0.1, 0.15) is 5.54 Å². The number of nitrogens with one attached hydrogen (secondary N) is 3. The maximum atomic E-state index is 12.8. The van der Waals surface area contributed by atoms with Gasteiger partial charge >= 0.3 is 12.0 Å². The molecular formula is C24H44N4O6S. The number of hydrogen-bond donors (Lipinski definition) is 3. The van der Waals surface area contributed by atoms with Crippen LogP contribution in [-0.4, -0.2) is 88.7 Å². The molecule has 10 nitrogen and oxygen atoms in total. The fourth-order valence-electron chi connectivity index (χ4n) is 5.29. The maximum absolute atomic E-state index is 12.8. The van der Waals surface area contributed by atoms with E-state index in [9.17, 15) is 18.0 Å². The van der Waals surface area contributed by atoms with Gasteiger partial charge in [0.25, 0.3) is 0 Å². The van der Waals surface area contributed by atoms with Gasteiger partial charge in [0.2, 0.25) is 10.0 Å². The molecule has 2 heterocycles. The van der Waals surface area contributed by atoms with E-state index >= 15 is 0 Å². The molecule has 2 amide bonds. The van der Waals surface area contributed by atoms with Crippen LogP contribution < -0.4 is 15.4 Å². The molecule has 0 spiro atoms. The minimum atomic E-state index is -3.59. The second kappa shape index (κ2) is 13.2. The number of sulfonamides is 1. The summed E-state index contributed by atoms with van der Waals surface area (Å²) < 4.78 is 38.7. The first-order chi connectivity index (χ1) is 16.8. The average Bonchev–Trinajstić information content (AvgIpc) is 2.87. The summed E-state index contributed by atoms with van der Waals surface area (Å²) in [7, 11) is -2.32. The first-order valence-electron chi connectivity index (χ1n) is 13.2. The Morgan fingerprint density at radius 1 is 1.06 bits per heavy atom. The molecule has 2 aliphatic heterocycles. The molecule has 11 heteroatoms. The van der Waals surface area contributed by atoms with Crippen LogP contribution in [0.1, 0.15) is 71.1 Å². The van der Waals surface area contributed by atoms with Gasteiger partial charge in [0.05, 0.1) is 19.0 Å². The van der Waals surface area contributed by atoms with E-state index in [0.29, 0.717) is 51.1 Å². The van der Waals surface area contributed by atoms with Gasteiger partial charge in [-0.3, -0.25) is 4.79 Å². The fourth-order valence-corrected chi connectivity index (χ4v) is 6.95. The number of ether oxygens (including phenoxy) is 2. The van der Waals surface area contributed by atoms with Crippen molar-refractivity contribution in [1.82, 2.24) is 20.3 Å². The quantitative estimate of drug-likeness (QED) is 0.378. The first kappa shape index (κ1) is 28.1. The average molecular weight is 517 g/mol. The van der Waals surface area contributed by atoms with E-state index in [0.717, 1.165) is 39.0 Å². The minimum Gasteiger partial charge on any atom is -0.468 e. The Balaban J connectivity index is 1.42. The van der Waals surface area contributed by atoms with E-state index in [2.05, 4.69) is 15.4 Å². The molecule has 3 fully saturated rings. The molecule has 3 aliphatic rings. The Kier molecular flexibility index (Phi) is 10.6. The topological polar surface area (TPSA) is 126 Å². The molecule has 0 atom stereocenters. The highest BCUT2D eigenvalue weighted by Gasteiger charge is 2.46. The number of amides is 2. The van der Waals surface area contributed by atoms with Gasteiger partial charge in [0.15, 0.2) is 0 Å². The molecule has 35 heavy (non-hydrogen) atoms. The van der Waals surface area contributed by atoms with Crippen LogP contribution in [-0.2, 0) is 24.3 Å². The minimum absolute atomic E-state index is 0.0139. The van der Waals surface area contributed by atoms with E-state index in [1.54, 1.807) is 0 Å². The normalized spacial score (nSPS) is 26.9. The molecule has 0 aromatic heterocycles. The molecular weight excluding hydrogens is 472 g/mol. The van der Waals surface area contributed by atoms with Crippen molar-refractivity contribution in [3.05, 3.63) is 0 Å². The van der Waals surface area contributed by atoms with Gasteiger partial charge in [0, 0.05) is 25.7 Å². The van der Waals surface area contributed by atoms with Gasteiger partial charge in [-0.25, -0.2) is 13.2 Å². The van der Waals surface area contributed by atoms with E-state index in [1.807, 2.05) is 11.8 Å². The molecule has 3 rings (SSSR count). The zero-order valence-electron chi connectivity index (χ0n) is 21.4.